The fourth-order valence-electron chi connectivity index (χ4n) is 1.82. The second-order valence-corrected chi connectivity index (χ2v) is 4.14. The monoisotopic (exact) mass is 245 g/mol. The van der Waals surface area contributed by atoms with Crippen molar-refractivity contribution in [1.82, 2.24) is 5.32 Å². The maximum atomic E-state index is 11.6. The molecule has 0 aliphatic carbocycles. The lowest BCUT2D eigenvalue weighted by molar-refractivity contribution is -0.152. The van der Waals surface area contributed by atoms with Gasteiger partial charge < -0.3 is 19.9 Å². The molecule has 1 saturated heterocycles. The van der Waals surface area contributed by atoms with Gasteiger partial charge in [0.2, 0.25) is 5.91 Å². The summed E-state index contributed by atoms with van der Waals surface area (Å²) in [6, 6.07) is 0. The van der Waals surface area contributed by atoms with Crippen molar-refractivity contribution in [1.29, 1.82) is 0 Å². The van der Waals surface area contributed by atoms with Gasteiger partial charge in [-0.05, 0) is 6.42 Å². The fraction of sp³-hybridized carbons (Fsp3) is 0.818. The number of nitrogens with one attached hydrogen (secondary N) is 1. The SMILES string of the molecule is COCCCC(=O)NC1(C(=O)O)CCOCC1. The molecular formula is C11H19NO5. The van der Waals surface area contributed by atoms with Gasteiger partial charge in [-0.25, -0.2) is 4.79 Å². The van der Waals surface area contributed by atoms with Crippen LogP contribution in [0.3, 0.4) is 0 Å². The third-order valence-electron chi connectivity index (χ3n) is 2.89. The second-order valence-electron chi connectivity index (χ2n) is 4.14. The van der Waals surface area contributed by atoms with Crippen molar-refractivity contribution in [3.05, 3.63) is 0 Å². The van der Waals surface area contributed by atoms with Gasteiger partial charge in [0, 0.05) is 46.2 Å². The lowest BCUT2D eigenvalue weighted by Gasteiger charge is -2.33. The molecule has 6 heteroatoms. The minimum absolute atomic E-state index is 0.244. The first-order chi connectivity index (χ1) is 8.10. The normalized spacial score (nSPS) is 18.6. The Hall–Kier alpha value is -1.14. The van der Waals surface area contributed by atoms with E-state index in [1.54, 1.807) is 7.11 Å². The van der Waals surface area contributed by atoms with Crippen molar-refractivity contribution in [3.8, 4) is 0 Å². The summed E-state index contributed by atoms with van der Waals surface area (Å²) in [5.74, 6) is -1.23. The van der Waals surface area contributed by atoms with Crippen molar-refractivity contribution in [2.45, 2.75) is 31.2 Å². The van der Waals surface area contributed by atoms with Crippen molar-refractivity contribution in [2.24, 2.45) is 0 Å². The molecular weight excluding hydrogens is 226 g/mol. The maximum absolute atomic E-state index is 11.6. The molecule has 1 amide bonds. The van der Waals surface area contributed by atoms with Crippen LogP contribution in [-0.2, 0) is 19.1 Å². The molecule has 0 saturated carbocycles. The van der Waals surface area contributed by atoms with Gasteiger partial charge in [-0.1, -0.05) is 0 Å². The van der Waals surface area contributed by atoms with E-state index in [4.69, 9.17) is 9.47 Å². The van der Waals surface area contributed by atoms with E-state index in [9.17, 15) is 14.7 Å². The van der Waals surface area contributed by atoms with Gasteiger partial charge in [0.1, 0.15) is 5.54 Å². The number of amides is 1. The first-order valence-electron chi connectivity index (χ1n) is 5.72. The number of carboxylic acid groups (broad SMARTS) is 1. The summed E-state index contributed by atoms with van der Waals surface area (Å²) in [4.78, 5) is 22.9. The van der Waals surface area contributed by atoms with Crippen LogP contribution in [0.15, 0.2) is 0 Å². The van der Waals surface area contributed by atoms with Crippen molar-refractivity contribution in [3.63, 3.8) is 0 Å². The Morgan fingerprint density at radius 3 is 2.59 bits per heavy atom. The number of aliphatic carboxylic acids is 1. The number of ether oxygens (including phenoxy) is 2. The molecule has 98 valence electrons. The molecule has 0 aromatic rings. The summed E-state index contributed by atoms with van der Waals surface area (Å²) < 4.78 is 9.96. The molecule has 1 rings (SSSR count). The van der Waals surface area contributed by atoms with Gasteiger partial charge in [0.15, 0.2) is 0 Å². The van der Waals surface area contributed by atoms with Gasteiger partial charge >= 0.3 is 5.97 Å². The molecule has 6 nitrogen and oxygen atoms in total. The average molecular weight is 245 g/mol. The zero-order valence-corrected chi connectivity index (χ0v) is 10.0. The van der Waals surface area contributed by atoms with Crippen LogP contribution in [-0.4, -0.2) is 49.5 Å². The summed E-state index contributed by atoms with van der Waals surface area (Å²) in [5, 5.41) is 11.8. The Kier molecular flexibility index (Phi) is 5.37. The van der Waals surface area contributed by atoms with Gasteiger partial charge in [-0.2, -0.15) is 0 Å². The highest BCUT2D eigenvalue weighted by Crippen LogP contribution is 2.21. The van der Waals surface area contributed by atoms with Crippen LogP contribution < -0.4 is 5.32 Å². The van der Waals surface area contributed by atoms with Gasteiger partial charge in [0.25, 0.3) is 0 Å². The molecule has 0 unspecified atom stereocenters. The molecule has 1 heterocycles. The summed E-state index contributed by atoms with van der Waals surface area (Å²) in [6.45, 7) is 1.23. The first-order valence-corrected chi connectivity index (χ1v) is 5.72. The van der Waals surface area contributed by atoms with Crippen molar-refractivity contribution < 1.29 is 24.2 Å². The zero-order valence-electron chi connectivity index (χ0n) is 10.0. The highest BCUT2D eigenvalue weighted by atomic mass is 16.5. The molecule has 0 bridgehead atoms. The Labute approximate surface area is 100 Å². The highest BCUT2D eigenvalue weighted by molar-refractivity contribution is 5.87. The Bertz CT molecular complexity index is 273. The molecule has 0 spiro atoms. The molecule has 1 aliphatic rings. The van der Waals surface area contributed by atoms with Gasteiger partial charge in [-0.15, -0.1) is 0 Å². The number of carboxylic acids is 1. The lowest BCUT2D eigenvalue weighted by Crippen LogP contribution is -2.57. The molecule has 0 atom stereocenters. The molecule has 1 aliphatic heterocycles. The van der Waals surface area contributed by atoms with E-state index in [1.807, 2.05) is 0 Å². The fourth-order valence-corrected chi connectivity index (χ4v) is 1.82. The van der Waals surface area contributed by atoms with E-state index in [0.29, 0.717) is 39.1 Å². The lowest BCUT2D eigenvalue weighted by atomic mass is 9.90. The summed E-state index contributed by atoms with van der Waals surface area (Å²) in [7, 11) is 1.56. The molecule has 1 fully saturated rings. The Balaban J connectivity index is 2.48. The summed E-state index contributed by atoms with van der Waals surface area (Å²) in [6.07, 6.45) is 1.51. The first kappa shape index (κ1) is 13.9. The summed E-state index contributed by atoms with van der Waals surface area (Å²) >= 11 is 0. The van der Waals surface area contributed by atoms with Crippen molar-refractivity contribution in [2.75, 3.05) is 26.9 Å². The minimum Gasteiger partial charge on any atom is -0.480 e. The van der Waals surface area contributed by atoms with Crippen LogP contribution in [0.4, 0.5) is 0 Å². The minimum atomic E-state index is -1.15. The average Bonchev–Trinajstić information content (AvgIpc) is 2.30. The van der Waals surface area contributed by atoms with Gasteiger partial charge in [0.05, 0.1) is 0 Å². The second kappa shape index (κ2) is 6.56. The van der Waals surface area contributed by atoms with Crippen LogP contribution in [0.1, 0.15) is 25.7 Å². The molecule has 0 aromatic heterocycles. The molecule has 0 radical (unpaired) electrons. The Morgan fingerprint density at radius 2 is 2.06 bits per heavy atom. The van der Waals surface area contributed by atoms with Crippen molar-refractivity contribution >= 4 is 11.9 Å². The maximum Gasteiger partial charge on any atom is 0.329 e. The Morgan fingerprint density at radius 1 is 1.41 bits per heavy atom. The van der Waals surface area contributed by atoms with Crippen LogP contribution in [0.5, 0.6) is 0 Å². The van der Waals surface area contributed by atoms with Crippen LogP contribution in [0.2, 0.25) is 0 Å². The topological polar surface area (TPSA) is 84.9 Å². The third kappa shape index (κ3) is 3.98. The summed E-state index contributed by atoms with van der Waals surface area (Å²) in [5.41, 5.74) is -1.15. The standard InChI is InChI=1S/C11H19NO5/c1-16-6-2-3-9(13)12-11(10(14)15)4-7-17-8-5-11/h2-8H2,1H3,(H,12,13)(H,14,15). The predicted molar refractivity (Wildman–Crippen MR) is 59.7 cm³/mol. The number of carbonyl (C=O) groups excluding carboxylic acids is 1. The quantitative estimate of drug-likeness (QED) is 0.651. The van der Waals surface area contributed by atoms with E-state index in [0.717, 1.165) is 0 Å². The van der Waals surface area contributed by atoms with Crippen LogP contribution in [0, 0.1) is 0 Å². The highest BCUT2D eigenvalue weighted by Gasteiger charge is 2.41. The smallest absolute Gasteiger partial charge is 0.329 e. The van der Waals surface area contributed by atoms with E-state index in [-0.39, 0.29) is 12.3 Å². The largest absolute Gasteiger partial charge is 0.480 e. The zero-order chi connectivity index (χ0) is 12.7. The number of methoxy groups -OCH3 is 1. The van der Waals surface area contributed by atoms with E-state index in [2.05, 4.69) is 5.32 Å². The molecule has 17 heavy (non-hydrogen) atoms. The van der Waals surface area contributed by atoms with E-state index < -0.39 is 11.5 Å². The number of hydrogen-bond acceptors (Lipinski definition) is 4. The van der Waals surface area contributed by atoms with E-state index in [1.165, 1.54) is 0 Å². The molecule has 0 aromatic carbocycles. The predicted octanol–water partition coefficient (Wildman–Crippen LogP) is 0.163. The van der Waals surface area contributed by atoms with Crippen LogP contribution >= 0.6 is 0 Å². The number of rotatable bonds is 6. The third-order valence-corrected chi connectivity index (χ3v) is 2.89. The van der Waals surface area contributed by atoms with Crippen LogP contribution in [0.25, 0.3) is 0 Å². The number of carbonyl (C=O) groups is 2. The van der Waals surface area contributed by atoms with E-state index >= 15 is 0 Å². The van der Waals surface area contributed by atoms with Gasteiger partial charge in [-0.3, -0.25) is 4.79 Å². The molecule has 2 N–H and O–H groups in total. The number of hydrogen-bond donors (Lipinski definition) is 2.